The number of methoxy groups -OCH3 is 1. The van der Waals surface area contributed by atoms with Gasteiger partial charge in [-0.1, -0.05) is 6.07 Å². The van der Waals surface area contributed by atoms with Crippen LogP contribution in [0.5, 0.6) is 11.5 Å². The van der Waals surface area contributed by atoms with E-state index in [1.807, 2.05) is 39.8 Å². The van der Waals surface area contributed by atoms with Crippen LogP contribution in [0.1, 0.15) is 39.3 Å². The predicted molar refractivity (Wildman–Crippen MR) is 79.0 cm³/mol. The second-order valence-electron chi connectivity index (χ2n) is 5.78. The van der Waals surface area contributed by atoms with Crippen LogP contribution in [-0.2, 0) is 4.79 Å². The van der Waals surface area contributed by atoms with Crippen LogP contribution in [0.3, 0.4) is 0 Å². The van der Waals surface area contributed by atoms with Gasteiger partial charge in [-0.05, 0) is 33.8 Å². The van der Waals surface area contributed by atoms with Crippen molar-refractivity contribution in [2.45, 2.75) is 39.3 Å². The van der Waals surface area contributed by atoms with Crippen molar-refractivity contribution >= 4 is 5.91 Å². The molecule has 1 rings (SSSR count). The van der Waals surface area contributed by atoms with Gasteiger partial charge in [-0.3, -0.25) is 4.79 Å². The number of hydrogen-bond acceptors (Lipinski definition) is 4. The van der Waals surface area contributed by atoms with Gasteiger partial charge in [0, 0.05) is 23.2 Å². The Balaban J connectivity index is 2.78. The van der Waals surface area contributed by atoms with E-state index in [-0.39, 0.29) is 24.1 Å². The highest BCUT2D eigenvalue weighted by Gasteiger charge is 2.15. The first-order valence-electron chi connectivity index (χ1n) is 6.60. The van der Waals surface area contributed by atoms with Crippen molar-refractivity contribution in [3.63, 3.8) is 0 Å². The van der Waals surface area contributed by atoms with Crippen LogP contribution in [0.4, 0.5) is 0 Å². The third kappa shape index (κ3) is 5.09. The molecule has 0 radical (unpaired) electrons. The number of rotatable bonds is 5. The number of benzene rings is 1. The molecule has 0 aliphatic heterocycles. The SMILES string of the molecule is COc1ccc([C@@H](C)N)c(OCC(=O)NC(C)(C)C)c1. The van der Waals surface area contributed by atoms with E-state index in [4.69, 9.17) is 15.2 Å². The van der Waals surface area contributed by atoms with Gasteiger partial charge in [0.15, 0.2) is 6.61 Å². The average molecular weight is 280 g/mol. The molecule has 5 nitrogen and oxygen atoms in total. The molecule has 0 heterocycles. The molecule has 0 aliphatic carbocycles. The van der Waals surface area contributed by atoms with Crippen LogP contribution in [-0.4, -0.2) is 25.2 Å². The minimum atomic E-state index is -0.279. The zero-order chi connectivity index (χ0) is 15.3. The summed E-state index contributed by atoms with van der Waals surface area (Å²) in [6.07, 6.45) is 0. The minimum absolute atomic E-state index is 0.0514. The van der Waals surface area contributed by atoms with Crippen molar-refractivity contribution < 1.29 is 14.3 Å². The number of nitrogens with two attached hydrogens (primary N) is 1. The summed E-state index contributed by atoms with van der Waals surface area (Å²) in [5.74, 6) is 1.07. The van der Waals surface area contributed by atoms with Crippen molar-refractivity contribution in [1.29, 1.82) is 0 Å². The number of carbonyl (C=O) groups excluding carboxylic acids is 1. The van der Waals surface area contributed by atoms with Crippen LogP contribution in [0.25, 0.3) is 0 Å². The highest BCUT2D eigenvalue weighted by molar-refractivity contribution is 5.78. The van der Waals surface area contributed by atoms with E-state index in [1.165, 1.54) is 0 Å². The van der Waals surface area contributed by atoms with E-state index in [2.05, 4.69) is 5.32 Å². The lowest BCUT2D eigenvalue weighted by atomic mass is 10.1. The summed E-state index contributed by atoms with van der Waals surface area (Å²) >= 11 is 0. The summed E-state index contributed by atoms with van der Waals surface area (Å²) < 4.78 is 10.7. The fourth-order valence-electron chi connectivity index (χ4n) is 1.74. The Morgan fingerprint density at radius 3 is 2.55 bits per heavy atom. The van der Waals surface area contributed by atoms with Crippen molar-refractivity contribution in [2.24, 2.45) is 5.73 Å². The number of amides is 1. The molecule has 0 unspecified atom stereocenters. The summed E-state index contributed by atoms with van der Waals surface area (Å²) in [5.41, 5.74) is 6.46. The Kier molecular flexibility index (Phi) is 5.39. The van der Waals surface area contributed by atoms with Crippen molar-refractivity contribution in [2.75, 3.05) is 13.7 Å². The van der Waals surface area contributed by atoms with Crippen LogP contribution in [0, 0.1) is 0 Å². The molecule has 20 heavy (non-hydrogen) atoms. The zero-order valence-electron chi connectivity index (χ0n) is 12.8. The lowest BCUT2D eigenvalue weighted by Gasteiger charge is -2.21. The quantitative estimate of drug-likeness (QED) is 0.865. The molecule has 1 atom stereocenters. The number of carbonyl (C=O) groups is 1. The fraction of sp³-hybridized carbons (Fsp3) is 0.533. The first-order chi connectivity index (χ1) is 9.23. The smallest absolute Gasteiger partial charge is 0.258 e. The Hall–Kier alpha value is -1.75. The predicted octanol–water partition coefficient (Wildman–Crippen LogP) is 2.01. The Bertz CT molecular complexity index is 465. The third-order valence-electron chi connectivity index (χ3n) is 2.58. The lowest BCUT2D eigenvalue weighted by Crippen LogP contribution is -2.43. The van der Waals surface area contributed by atoms with Gasteiger partial charge in [0.25, 0.3) is 5.91 Å². The van der Waals surface area contributed by atoms with Gasteiger partial charge in [0.2, 0.25) is 0 Å². The van der Waals surface area contributed by atoms with E-state index in [0.29, 0.717) is 11.5 Å². The molecule has 0 aliphatic rings. The van der Waals surface area contributed by atoms with E-state index in [1.54, 1.807) is 13.2 Å². The highest BCUT2D eigenvalue weighted by Crippen LogP contribution is 2.28. The zero-order valence-corrected chi connectivity index (χ0v) is 12.8. The molecular weight excluding hydrogens is 256 g/mol. The molecule has 0 saturated heterocycles. The highest BCUT2D eigenvalue weighted by atomic mass is 16.5. The van der Waals surface area contributed by atoms with Gasteiger partial charge in [-0.2, -0.15) is 0 Å². The van der Waals surface area contributed by atoms with Crippen molar-refractivity contribution in [3.8, 4) is 11.5 Å². The molecule has 0 bridgehead atoms. The molecule has 0 spiro atoms. The second kappa shape index (κ2) is 6.61. The van der Waals surface area contributed by atoms with Gasteiger partial charge >= 0.3 is 0 Å². The Morgan fingerprint density at radius 2 is 2.05 bits per heavy atom. The topological polar surface area (TPSA) is 73.6 Å². The average Bonchev–Trinajstić information content (AvgIpc) is 2.33. The maximum absolute atomic E-state index is 11.8. The fourth-order valence-corrected chi connectivity index (χ4v) is 1.74. The third-order valence-corrected chi connectivity index (χ3v) is 2.58. The normalized spacial score (nSPS) is 12.7. The monoisotopic (exact) mass is 280 g/mol. The molecule has 0 saturated carbocycles. The summed E-state index contributed by atoms with van der Waals surface area (Å²) in [6, 6.07) is 5.23. The Labute approximate surface area is 120 Å². The van der Waals surface area contributed by atoms with Crippen LogP contribution >= 0.6 is 0 Å². The van der Waals surface area contributed by atoms with Crippen LogP contribution in [0.15, 0.2) is 18.2 Å². The first-order valence-corrected chi connectivity index (χ1v) is 6.60. The molecule has 112 valence electrons. The minimum Gasteiger partial charge on any atom is -0.497 e. The summed E-state index contributed by atoms with van der Waals surface area (Å²) in [5, 5.41) is 2.84. The van der Waals surface area contributed by atoms with Crippen LogP contribution < -0.4 is 20.5 Å². The van der Waals surface area contributed by atoms with E-state index < -0.39 is 0 Å². The number of nitrogens with one attached hydrogen (secondary N) is 1. The van der Waals surface area contributed by atoms with Crippen molar-refractivity contribution in [3.05, 3.63) is 23.8 Å². The summed E-state index contributed by atoms with van der Waals surface area (Å²) in [6.45, 7) is 7.57. The molecule has 3 N–H and O–H groups in total. The lowest BCUT2D eigenvalue weighted by molar-refractivity contribution is -0.124. The maximum Gasteiger partial charge on any atom is 0.258 e. The van der Waals surface area contributed by atoms with Gasteiger partial charge in [0.1, 0.15) is 11.5 Å². The summed E-state index contributed by atoms with van der Waals surface area (Å²) in [7, 11) is 1.58. The number of ether oxygens (including phenoxy) is 2. The Morgan fingerprint density at radius 1 is 1.40 bits per heavy atom. The van der Waals surface area contributed by atoms with Crippen molar-refractivity contribution in [1.82, 2.24) is 5.32 Å². The molecule has 1 amide bonds. The standard InChI is InChI=1S/C15H24N2O3/c1-10(16)12-7-6-11(19-5)8-13(12)20-9-14(18)17-15(2,3)4/h6-8,10H,9,16H2,1-5H3,(H,17,18)/t10-/m1/s1. The van der Waals surface area contributed by atoms with Gasteiger partial charge in [-0.15, -0.1) is 0 Å². The first kappa shape index (κ1) is 16.3. The molecule has 0 aromatic heterocycles. The maximum atomic E-state index is 11.8. The largest absolute Gasteiger partial charge is 0.497 e. The van der Waals surface area contributed by atoms with Gasteiger partial charge < -0.3 is 20.5 Å². The number of hydrogen-bond donors (Lipinski definition) is 2. The van der Waals surface area contributed by atoms with E-state index >= 15 is 0 Å². The van der Waals surface area contributed by atoms with Gasteiger partial charge in [0.05, 0.1) is 7.11 Å². The molecule has 0 fully saturated rings. The van der Waals surface area contributed by atoms with Gasteiger partial charge in [-0.25, -0.2) is 0 Å². The molecule has 1 aromatic carbocycles. The van der Waals surface area contributed by atoms with E-state index in [9.17, 15) is 4.79 Å². The second-order valence-corrected chi connectivity index (χ2v) is 5.78. The van der Waals surface area contributed by atoms with E-state index in [0.717, 1.165) is 5.56 Å². The molecule has 5 heteroatoms. The molecule has 1 aromatic rings. The van der Waals surface area contributed by atoms with Crippen LogP contribution in [0.2, 0.25) is 0 Å². The summed E-state index contributed by atoms with van der Waals surface area (Å²) in [4.78, 5) is 11.8. The molecular formula is C15H24N2O3.